The van der Waals surface area contributed by atoms with Crippen molar-refractivity contribution in [1.29, 1.82) is 0 Å². The number of hydrogen-bond acceptors (Lipinski definition) is 5. The largest absolute Gasteiger partial charge is 0.450 e. The third-order valence-corrected chi connectivity index (χ3v) is 4.18. The summed E-state index contributed by atoms with van der Waals surface area (Å²) in [5, 5.41) is 3.55. The standard InChI is InChI=1S/C21H21NO5/c1-3-14-8-4-6-10-17(14)22-19(23)13-26-21(24)20-16(12-25-2)15-9-5-7-11-18(15)27-20/h4-11H,3,12-13H2,1-2H3,(H,22,23). The lowest BCUT2D eigenvalue weighted by molar-refractivity contribution is -0.119. The molecule has 140 valence electrons. The molecule has 0 fully saturated rings. The van der Waals surface area contributed by atoms with Crippen molar-refractivity contribution in [2.75, 3.05) is 19.0 Å². The molecule has 0 bridgehead atoms. The molecule has 6 nitrogen and oxygen atoms in total. The molecular weight excluding hydrogens is 346 g/mol. The van der Waals surface area contributed by atoms with Gasteiger partial charge >= 0.3 is 5.97 Å². The lowest BCUT2D eigenvalue weighted by atomic mass is 10.1. The number of rotatable bonds is 7. The van der Waals surface area contributed by atoms with Crippen molar-refractivity contribution in [3.05, 3.63) is 65.4 Å². The van der Waals surface area contributed by atoms with E-state index in [1.165, 1.54) is 7.11 Å². The molecule has 0 aliphatic rings. The van der Waals surface area contributed by atoms with Crippen molar-refractivity contribution in [3.63, 3.8) is 0 Å². The van der Waals surface area contributed by atoms with Crippen molar-refractivity contribution in [2.45, 2.75) is 20.0 Å². The number of fused-ring (bicyclic) bond motifs is 1. The van der Waals surface area contributed by atoms with E-state index >= 15 is 0 Å². The number of carbonyl (C=O) groups excluding carboxylic acids is 2. The first-order valence-electron chi connectivity index (χ1n) is 8.68. The topological polar surface area (TPSA) is 77.8 Å². The summed E-state index contributed by atoms with van der Waals surface area (Å²) >= 11 is 0. The van der Waals surface area contributed by atoms with Gasteiger partial charge in [-0.25, -0.2) is 4.79 Å². The molecule has 0 saturated heterocycles. The molecule has 6 heteroatoms. The molecular formula is C21H21NO5. The first-order chi connectivity index (χ1) is 13.1. The van der Waals surface area contributed by atoms with E-state index in [0.29, 0.717) is 16.8 Å². The highest BCUT2D eigenvalue weighted by molar-refractivity contribution is 5.98. The zero-order valence-corrected chi connectivity index (χ0v) is 15.3. The summed E-state index contributed by atoms with van der Waals surface area (Å²) in [6, 6.07) is 14.8. The Kier molecular flexibility index (Phi) is 5.88. The molecule has 0 aliphatic heterocycles. The quantitative estimate of drug-likeness (QED) is 0.640. The second-order valence-corrected chi connectivity index (χ2v) is 5.97. The zero-order chi connectivity index (χ0) is 19.2. The fourth-order valence-electron chi connectivity index (χ4n) is 2.88. The molecule has 3 aromatic rings. The van der Waals surface area contributed by atoms with E-state index in [1.54, 1.807) is 6.07 Å². The number of nitrogens with one attached hydrogen (secondary N) is 1. The van der Waals surface area contributed by atoms with E-state index in [0.717, 1.165) is 17.4 Å². The number of ether oxygens (including phenoxy) is 2. The number of benzene rings is 2. The van der Waals surface area contributed by atoms with Gasteiger partial charge in [0.1, 0.15) is 5.58 Å². The van der Waals surface area contributed by atoms with E-state index in [9.17, 15) is 9.59 Å². The highest BCUT2D eigenvalue weighted by Gasteiger charge is 2.22. The van der Waals surface area contributed by atoms with Gasteiger partial charge in [0.05, 0.1) is 6.61 Å². The number of furan rings is 1. The lowest BCUT2D eigenvalue weighted by Crippen LogP contribution is -2.21. The number of hydrogen-bond donors (Lipinski definition) is 1. The fourth-order valence-corrected chi connectivity index (χ4v) is 2.88. The number of amides is 1. The van der Waals surface area contributed by atoms with E-state index < -0.39 is 18.5 Å². The van der Waals surface area contributed by atoms with Gasteiger partial charge in [0.15, 0.2) is 6.61 Å². The van der Waals surface area contributed by atoms with Crippen LogP contribution in [0.4, 0.5) is 5.69 Å². The van der Waals surface area contributed by atoms with Crippen molar-refractivity contribution in [1.82, 2.24) is 0 Å². The smallest absolute Gasteiger partial charge is 0.375 e. The van der Waals surface area contributed by atoms with Crippen molar-refractivity contribution >= 4 is 28.5 Å². The van der Waals surface area contributed by atoms with Crippen LogP contribution in [0, 0.1) is 0 Å². The van der Waals surface area contributed by atoms with Gasteiger partial charge in [-0.15, -0.1) is 0 Å². The van der Waals surface area contributed by atoms with Gasteiger partial charge in [-0.2, -0.15) is 0 Å². The average molecular weight is 367 g/mol. The Hall–Kier alpha value is -3.12. The Balaban J connectivity index is 1.70. The van der Waals surface area contributed by atoms with Crippen LogP contribution in [0.1, 0.15) is 28.6 Å². The van der Waals surface area contributed by atoms with Gasteiger partial charge in [-0.1, -0.05) is 43.3 Å². The Morgan fingerprint density at radius 2 is 1.81 bits per heavy atom. The monoisotopic (exact) mass is 367 g/mol. The second-order valence-electron chi connectivity index (χ2n) is 5.97. The van der Waals surface area contributed by atoms with Crippen LogP contribution in [0.5, 0.6) is 0 Å². The molecule has 2 aromatic carbocycles. The molecule has 0 radical (unpaired) electrons. The molecule has 1 amide bonds. The molecule has 3 rings (SSSR count). The van der Waals surface area contributed by atoms with Crippen molar-refractivity contribution in [3.8, 4) is 0 Å². The SMILES string of the molecule is CCc1ccccc1NC(=O)COC(=O)c1oc2ccccc2c1COC. The molecule has 0 unspecified atom stereocenters. The highest BCUT2D eigenvalue weighted by Crippen LogP contribution is 2.27. The van der Waals surface area contributed by atoms with Gasteiger partial charge in [0.2, 0.25) is 5.76 Å². The minimum atomic E-state index is -0.697. The Labute approximate surface area is 157 Å². The first kappa shape index (κ1) is 18.7. The summed E-state index contributed by atoms with van der Waals surface area (Å²) in [7, 11) is 1.54. The van der Waals surface area contributed by atoms with Crippen molar-refractivity contribution in [2.24, 2.45) is 0 Å². The van der Waals surface area contributed by atoms with Crippen LogP contribution in [0.25, 0.3) is 11.0 Å². The van der Waals surface area contributed by atoms with Gasteiger partial charge in [-0.3, -0.25) is 4.79 Å². The summed E-state index contributed by atoms with van der Waals surface area (Å²) < 4.78 is 15.9. The Morgan fingerprint density at radius 1 is 1.07 bits per heavy atom. The van der Waals surface area contributed by atoms with Crippen LogP contribution in [0.15, 0.2) is 52.9 Å². The summed E-state index contributed by atoms with van der Waals surface area (Å²) in [6.07, 6.45) is 0.787. The molecule has 1 N–H and O–H groups in total. The Morgan fingerprint density at radius 3 is 2.59 bits per heavy atom. The molecule has 0 saturated carbocycles. The summed E-state index contributed by atoms with van der Waals surface area (Å²) in [4.78, 5) is 24.6. The maximum Gasteiger partial charge on any atom is 0.375 e. The Bertz CT molecular complexity index is 960. The van der Waals surface area contributed by atoms with Gasteiger partial charge in [0.25, 0.3) is 5.91 Å². The number of methoxy groups -OCH3 is 1. The van der Waals surface area contributed by atoms with E-state index in [-0.39, 0.29) is 12.4 Å². The van der Waals surface area contributed by atoms with Crippen molar-refractivity contribution < 1.29 is 23.5 Å². The molecule has 0 aliphatic carbocycles. The van der Waals surface area contributed by atoms with Gasteiger partial charge in [0, 0.05) is 23.7 Å². The van der Waals surface area contributed by atoms with Crippen LogP contribution in [0.2, 0.25) is 0 Å². The van der Waals surface area contributed by atoms with Crippen LogP contribution in [-0.2, 0) is 27.3 Å². The lowest BCUT2D eigenvalue weighted by Gasteiger charge is -2.10. The maximum absolute atomic E-state index is 12.4. The predicted octanol–water partition coefficient (Wildman–Crippen LogP) is 3.94. The third kappa shape index (κ3) is 4.17. The molecule has 1 aromatic heterocycles. The highest BCUT2D eigenvalue weighted by atomic mass is 16.5. The van der Waals surface area contributed by atoms with Crippen LogP contribution >= 0.6 is 0 Å². The molecule has 0 atom stereocenters. The van der Waals surface area contributed by atoms with E-state index in [1.807, 2.05) is 49.4 Å². The number of carbonyl (C=O) groups is 2. The summed E-state index contributed by atoms with van der Waals surface area (Å²) in [6.45, 7) is 1.81. The van der Waals surface area contributed by atoms with Crippen LogP contribution in [-0.4, -0.2) is 25.6 Å². The minimum Gasteiger partial charge on any atom is -0.450 e. The van der Waals surface area contributed by atoms with Crippen LogP contribution in [0.3, 0.4) is 0 Å². The number of para-hydroxylation sites is 2. The number of anilines is 1. The number of aryl methyl sites for hydroxylation is 1. The molecule has 0 spiro atoms. The zero-order valence-electron chi connectivity index (χ0n) is 15.3. The fraction of sp³-hybridized carbons (Fsp3) is 0.238. The molecule has 27 heavy (non-hydrogen) atoms. The van der Waals surface area contributed by atoms with Crippen LogP contribution < -0.4 is 5.32 Å². The summed E-state index contributed by atoms with van der Waals surface area (Å²) in [5.74, 6) is -1.05. The van der Waals surface area contributed by atoms with Gasteiger partial charge < -0.3 is 19.2 Å². The average Bonchev–Trinajstić information content (AvgIpc) is 3.06. The van der Waals surface area contributed by atoms with E-state index in [2.05, 4.69) is 5.32 Å². The van der Waals surface area contributed by atoms with Gasteiger partial charge in [-0.05, 0) is 24.1 Å². The first-order valence-corrected chi connectivity index (χ1v) is 8.68. The second kappa shape index (κ2) is 8.51. The normalized spacial score (nSPS) is 10.7. The minimum absolute atomic E-state index is 0.0554. The number of esters is 1. The summed E-state index contributed by atoms with van der Waals surface area (Å²) in [5.41, 5.74) is 2.90. The maximum atomic E-state index is 12.4. The molecule has 1 heterocycles. The van der Waals surface area contributed by atoms with E-state index in [4.69, 9.17) is 13.9 Å². The predicted molar refractivity (Wildman–Crippen MR) is 102 cm³/mol. The third-order valence-electron chi connectivity index (χ3n) is 4.18.